The summed E-state index contributed by atoms with van der Waals surface area (Å²) in [7, 11) is 0. The molecule has 1 aliphatic rings. The minimum atomic E-state index is -2.36. The van der Waals surface area contributed by atoms with Crippen LogP contribution >= 0.6 is 0 Å². The Morgan fingerprint density at radius 1 is 0.939 bits per heavy atom. The average Bonchev–Trinajstić information content (AvgIpc) is 2.82. The van der Waals surface area contributed by atoms with Gasteiger partial charge in [-0.2, -0.15) is 0 Å². The van der Waals surface area contributed by atoms with Crippen molar-refractivity contribution in [2.45, 2.75) is 25.9 Å². The van der Waals surface area contributed by atoms with Crippen molar-refractivity contribution in [2.75, 3.05) is 26.2 Å². The normalized spacial score (nSPS) is 15.8. The Bertz CT molecular complexity index is 981. The molecule has 0 spiro atoms. The van der Waals surface area contributed by atoms with Gasteiger partial charge < -0.3 is 9.47 Å². The predicted octanol–water partition coefficient (Wildman–Crippen LogP) is 4.56. The summed E-state index contributed by atoms with van der Waals surface area (Å²) in [4.78, 5) is 26.3. The molecule has 5 nitrogen and oxygen atoms in total. The number of hydrogen-bond acceptors (Lipinski definition) is 5. The van der Waals surface area contributed by atoms with Crippen molar-refractivity contribution in [3.8, 4) is 0 Å². The summed E-state index contributed by atoms with van der Waals surface area (Å²) in [6.45, 7) is 3.03. The van der Waals surface area contributed by atoms with Gasteiger partial charge in [0.15, 0.2) is 23.3 Å². The van der Waals surface area contributed by atoms with E-state index in [1.165, 1.54) is 0 Å². The third-order valence-electron chi connectivity index (χ3n) is 5.47. The molecule has 2 aromatic carbocycles. The quantitative estimate of drug-likeness (QED) is 0.257. The van der Waals surface area contributed by atoms with Gasteiger partial charge in [-0.15, -0.1) is 0 Å². The molecular weight excluding hydrogens is 449 g/mol. The van der Waals surface area contributed by atoms with Crippen molar-refractivity contribution in [1.82, 2.24) is 4.90 Å². The highest BCUT2D eigenvalue weighted by Crippen LogP contribution is 2.28. The van der Waals surface area contributed by atoms with Crippen LogP contribution in [0.1, 0.15) is 41.8 Å². The number of esters is 2. The molecule has 0 radical (unpaired) electrons. The van der Waals surface area contributed by atoms with Crippen molar-refractivity contribution < 1.29 is 41.0 Å². The fourth-order valence-corrected chi connectivity index (χ4v) is 3.70. The van der Waals surface area contributed by atoms with Gasteiger partial charge in [-0.25, -0.2) is 26.7 Å². The number of hydrogen-bond donors (Lipinski definition) is 0. The SMILES string of the molecule is CCOC(=O)C1CCN(CC(OC(=O)c2c(F)c(F)c(F)c(F)c2F)c2ccccc2)CC1. The molecule has 0 saturated carbocycles. The summed E-state index contributed by atoms with van der Waals surface area (Å²) in [5.74, 6) is -13.5. The Hall–Kier alpha value is -3.01. The van der Waals surface area contributed by atoms with Crippen molar-refractivity contribution in [3.63, 3.8) is 0 Å². The van der Waals surface area contributed by atoms with Crippen LogP contribution in [-0.2, 0) is 14.3 Å². The lowest BCUT2D eigenvalue weighted by atomic mass is 9.96. The highest BCUT2D eigenvalue weighted by molar-refractivity contribution is 5.90. The second-order valence-electron chi connectivity index (χ2n) is 7.58. The lowest BCUT2D eigenvalue weighted by molar-refractivity contribution is -0.149. The molecule has 1 saturated heterocycles. The number of piperidine rings is 1. The van der Waals surface area contributed by atoms with Crippen molar-refractivity contribution in [2.24, 2.45) is 5.92 Å². The van der Waals surface area contributed by atoms with Gasteiger partial charge in [-0.3, -0.25) is 9.69 Å². The number of likely N-dealkylation sites (tertiary alicyclic amines) is 1. The zero-order valence-electron chi connectivity index (χ0n) is 17.8. The first-order chi connectivity index (χ1) is 15.7. The molecule has 0 aliphatic carbocycles. The second-order valence-corrected chi connectivity index (χ2v) is 7.58. The lowest BCUT2D eigenvalue weighted by Gasteiger charge is -2.33. The summed E-state index contributed by atoms with van der Waals surface area (Å²) in [6.07, 6.45) is -0.0365. The number of nitrogens with zero attached hydrogens (tertiary/aromatic N) is 1. The molecule has 0 N–H and O–H groups in total. The maximum Gasteiger partial charge on any atom is 0.345 e. The Kier molecular flexibility index (Phi) is 8.01. The van der Waals surface area contributed by atoms with Crippen LogP contribution in [0, 0.1) is 35.0 Å². The molecule has 33 heavy (non-hydrogen) atoms. The van der Waals surface area contributed by atoms with Gasteiger partial charge >= 0.3 is 11.9 Å². The first-order valence-electron chi connectivity index (χ1n) is 10.4. The first-order valence-corrected chi connectivity index (χ1v) is 10.4. The van der Waals surface area contributed by atoms with Gasteiger partial charge in [-0.05, 0) is 38.4 Å². The number of carbonyl (C=O) groups excluding carboxylic acids is 2. The molecule has 1 unspecified atom stereocenters. The largest absolute Gasteiger partial charge is 0.466 e. The fraction of sp³-hybridized carbons (Fsp3) is 0.391. The highest BCUT2D eigenvalue weighted by Gasteiger charge is 2.33. The third kappa shape index (κ3) is 5.50. The molecule has 1 fully saturated rings. The van der Waals surface area contributed by atoms with E-state index in [-0.39, 0.29) is 25.0 Å². The first kappa shape index (κ1) is 24.6. The van der Waals surface area contributed by atoms with Crippen LogP contribution < -0.4 is 0 Å². The molecule has 3 rings (SSSR count). The van der Waals surface area contributed by atoms with Crippen LogP contribution in [0.25, 0.3) is 0 Å². The molecule has 10 heteroatoms. The Labute approximate surface area is 187 Å². The van der Waals surface area contributed by atoms with Gasteiger partial charge in [-0.1, -0.05) is 30.3 Å². The fourth-order valence-electron chi connectivity index (χ4n) is 3.70. The van der Waals surface area contributed by atoms with Crippen molar-refractivity contribution in [1.29, 1.82) is 0 Å². The van der Waals surface area contributed by atoms with Crippen LogP contribution in [0.3, 0.4) is 0 Å². The van der Waals surface area contributed by atoms with Gasteiger partial charge in [0.1, 0.15) is 11.7 Å². The van der Waals surface area contributed by atoms with E-state index in [1.54, 1.807) is 37.3 Å². The van der Waals surface area contributed by atoms with E-state index in [2.05, 4.69) is 0 Å². The minimum absolute atomic E-state index is 0.0979. The molecule has 0 aromatic heterocycles. The molecule has 1 aliphatic heterocycles. The lowest BCUT2D eigenvalue weighted by Crippen LogP contribution is -2.39. The molecule has 0 amide bonds. The number of ether oxygens (including phenoxy) is 2. The van der Waals surface area contributed by atoms with Crippen LogP contribution in [0.5, 0.6) is 0 Å². The summed E-state index contributed by atoms with van der Waals surface area (Å²) in [6, 6.07) is 8.24. The maximum absolute atomic E-state index is 14.1. The van der Waals surface area contributed by atoms with Crippen molar-refractivity contribution in [3.05, 3.63) is 70.5 Å². The average molecular weight is 471 g/mol. The van der Waals surface area contributed by atoms with E-state index in [4.69, 9.17) is 9.47 Å². The van der Waals surface area contributed by atoms with Crippen molar-refractivity contribution >= 4 is 11.9 Å². The Morgan fingerprint density at radius 2 is 1.48 bits per heavy atom. The molecule has 178 valence electrons. The monoisotopic (exact) mass is 471 g/mol. The van der Waals surface area contributed by atoms with Crippen LogP contribution in [0.4, 0.5) is 22.0 Å². The Balaban J connectivity index is 1.79. The molecule has 1 heterocycles. The molecular formula is C23H22F5NO4. The molecule has 0 bridgehead atoms. The van der Waals surface area contributed by atoms with Gasteiger partial charge in [0.05, 0.1) is 12.5 Å². The van der Waals surface area contributed by atoms with E-state index in [0.717, 1.165) is 0 Å². The second kappa shape index (κ2) is 10.7. The standard InChI is InChI=1S/C23H22F5NO4/c1-2-32-22(30)14-8-10-29(11-9-14)12-15(13-6-4-3-5-7-13)33-23(31)16-17(24)19(26)21(28)20(27)18(16)25/h3-7,14-15H,2,8-12H2,1H3. The van der Waals surface area contributed by atoms with Gasteiger partial charge in [0.25, 0.3) is 0 Å². The van der Waals surface area contributed by atoms with Crippen LogP contribution in [0.15, 0.2) is 30.3 Å². The maximum atomic E-state index is 14.1. The smallest absolute Gasteiger partial charge is 0.345 e. The third-order valence-corrected chi connectivity index (χ3v) is 5.47. The summed E-state index contributed by atoms with van der Waals surface area (Å²) in [5, 5.41) is 0. The summed E-state index contributed by atoms with van der Waals surface area (Å²) in [5.41, 5.74) is -1.17. The van der Waals surface area contributed by atoms with E-state index in [9.17, 15) is 31.5 Å². The zero-order valence-corrected chi connectivity index (χ0v) is 17.8. The highest BCUT2D eigenvalue weighted by atomic mass is 19.2. The minimum Gasteiger partial charge on any atom is -0.466 e. The zero-order chi connectivity index (χ0) is 24.1. The molecule has 1 atom stereocenters. The summed E-state index contributed by atoms with van der Waals surface area (Å²) >= 11 is 0. The van der Waals surface area contributed by atoms with E-state index in [0.29, 0.717) is 31.5 Å². The summed E-state index contributed by atoms with van der Waals surface area (Å²) < 4.78 is 78.8. The Morgan fingerprint density at radius 3 is 2.03 bits per heavy atom. The van der Waals surface area contributed by atoms with Gasteiger partial charge in [0.2, 0.25) is 5.82 Å². The van der Waals surface area contributed by atoms with Crippen LogP contribution in [0.2, 0.25) is 0 Å². The van der Waals surface area contributed by atoms with E-state index >= 15 is 0 Å². The number of carbonyl (C=O) groups is 2. The predicted molar refractivity (Wildman–Crippen MR) is 107 cm³/mol. The number of benzene rings is 2. The number of halogens is 5. The number of rotatable bonds is 7. The van der Waals surface area contributed by atoms with E-state index in [1.807, 2.05) is 4.90 Å². The van der Waals surface area contributed by atoms with E-state index < -0.39 is 46.7 Å². The topological polar surface area (TPSA) is 55.8 Å². The van der Waals surface area contributed by atoms with Gasteiger partial charge in [0, 0.05) is 6.54 Å². The van der Waals surface area contributed by atoms with Crippen LogP contribution in [-0.4, -0.2) is 43.1 Å². The molecule has 2 aromatic rings.